The molecule has 3 N–H and O–H groups in total. The Morgan fingerprint density at radius 3 is 2.72 bits per heavy atom. The van der Waals surface area contributed by atoms with E-state index in [0.717, 1.165) is 0 Å². The number of anilines is 1. The molecular weight excluding hydrogens is 436 g/mol. The van der Waals surface area contributed by atoms with Crippen LogP contribution in [0.2, 0.25) is 5.02 Å². The van der Waals surface area contributed by atoms with E-state index in [-0.39, 0.29) is 17.3 Å². The lowest BCUT2D eigenvalue weighted by molar-refractivity contribution is 0.0950. The van der Waals surface area contributed by atoms with Crippen LogP contribution in [-0.2, 0) is 0 Å². The summed E-state index contributed by atoms with van der Waals surface area (Å²) in [5.41, 5.74) is 9.82. The highest BCUT2D eigenvalue weighted by molar-refractivity contribution is 6.33. The Morgan fingerprint density at radius 1 is 1.25 bits per heavy atom. The Kier molecular flexibility index (Phi) is 6.08. The Bertz CT molecular complexity index is 1270. The molecule has 4 rings (SSSR count). The van der Waals surface area contributed by atoms with Gasteiger partial charge in [-0.1, -0.05) is 35.0 Å². The topological polar surface area (TPSA) is 146 Å². The Hall–Kier alpha value is -4.25. The highest BCUT2D eigenvalue weighted by Crippen LogP contribution is 2.28. The Morgan fingerprint density at radius 2 is 2.03 bits per heavy atom. The van der Waals surface area contributed by atoms with Crippen LogP contribution in [0.5, 0.6) is 5.75 Å². The van der Waals surface area contributed by atoms with Crippen LogP contribution >= 0.6 is 11.6 Å². The fraction of sp³-hybridized carbons (Fsp3) is 0.100. The minimum atomic E-state index is -0.599. The highest BCUT2D eigenvalue weighted by atomic mass is 35.5. The lowest BCUT2D eigenvalue weighted by atomic mass is 10.1. The van der Waals surface area contributed by atoms with E-state index in [1.807, 2.05) is 6.92 Å². The summed E-state index contributed by atoms with van der Waals surface area (Å²) in [6.45, 7) is 2.41. The summed E-state index contributed by atoms with van der Waals surface area (Å²) in [7, 11) is 0. The van der Waals surface area contributed by atoms with Gasteiger partial charge in [-0.2, -0.15) is 9.78 Å². The Balaban J connectivity index is 1.69. The number of benzene rings is 2. The van der Waals surface area contributed by atoms with Crippen LogP contribution in [0.1, 0.15) is 23.0 Å². The van der Waals surface area contributed by atoms with E-state index in [4.69, 9.17) is 22.1 Å². The molecule has 162 valence electrons. The molecule has 0 aliphatic carbocycles. The SMILES string of the molecule is CCOc1ccc(-c2c(C(=O)N/N=C\c3ccccc3Cl)nnn2-c2nonc2N)cc1. The molecule has 0 fully saturated rings. The molecule has 0 atom stereocenters. The number of hydrazone groups is 1. The second-order valence-electron chi connectivity index (χ2n) is 6.35. The molecular formula is C20H17ClN8O3. The number of nitrogens with zero attached hydrogens (tertiary/aromatic N) is 6. The normalized spacial score (nSPS) is 11.1. The van der Waals surface area contributed by atoms with E-state index in [1.165, 1.54) is 10.9 Å². The molecule has 0 unspecified atom stereocenters. The number of amides is 1. The summed E-state index contributed by atoms with van der Waals surface area (Å²) >= 11 is 6.10. The zero-order valence-electron chi connectivity index (χ0n) is 16.8. The molecule has 11 nitrogen and oxygen atoms in total. The number of nitrogens with one attached hydrogen (secondary N) is 1. The van der Waals surface area contributed by atoms with Gasteiger partial charge in [0.15, 0.2) is 5.69 Å². The van der Waals surface area contributed by atoms with E-state index in [2.05, 4.69) is 35.8 Å². The molecule has 0 saturated carbocycles. The third-order valence-electron chi connectivity index (χ3n) is 4.30. The van der Waals surface area contributed by atoms with Gasteiger partial charge in [0.1, 0.15) is 11.4 Å². The first-order valence-corrected chi connectivity index (χ1v) is 9.81. The van der Waals surface area contributed by atoms with Crippen molar-refractivity contribution in [2.45, 2.75) is 6.92 Å². The van der Waals surface area contributed by atoms with E-state index < -0.39 is 5.91 Å². The first-order valence-electron chi connectivity index (χ1n) is 9.43. The summed E-state index contributed by atoms with van der Waals surface area (Å²) in [5, 5.41) is 19.8. The maximum atomic E-state index is 12.9. The predicted octanol–water partition coefficient (Wildman–Crippen LogP) is 2.72. The van der Waals surface area contributed by atoms with Gasteiger partial charge in [0.25, 0.3) is 5.91 Å². The third-order valence-corrected chi connectivity index (χ3v) is 4.64. The van der Waals surface area contributed by atoms with Crippen molar-refractivity contribution in [1.29, 1.82) is 0 Å². The van der Waals surface area contributed by atoms with Gasteiger partial charge < -0.3 is 10.5 Å². The summed E-state index contributed by atoms with van der Waals surface area (Å²) in [6.07, 6.45) is 1.43. The molecule has 4 aromatic rings. The van der Waals surface area contributed by atoms with Crippen molar-refractivity contribution >= 4 is 29.5 Å². The standard InChI is InChI=1S/C20H17ClN8O3/c1-2-31-14-9-7-12(8-10-14)17-16(24-28-29(17)19-18(22)26-32-27-19)20(30)25-23-11-13-5-3-4-6-15(13)21/h3-11H,2H2,1H3,(H2,22,26)(H,25,30)/b23-11-. The lowest BCUT2D eigenvalue weighted by Crippen LogP contribution is -2.19. The van der Waals surface area contributed by atoms with E-state index in [0.29, 0.717) is 34.2 Å². The van der Waals surface area contributed by atoms with Gasteiger partial charge in [0.05, 0.1) is 12.8 Å². The quantitative estimate of drug-likeness (QED) is 0.321. The van der Waals surface area contributed by atoms with E-state index in [1.54, 1.807) is 48.5 Å². The van der Waals surface area contributed by atoms with Gasteiger partial charge in [-0.15, -0.1) is 5.10 Å². The van der Waals surface area contributed by atoms with Crippen LogP contribution in [0.15, 0.2) is 58.3 Å². The number of ether oxygens (including phenoxy) is 1. The summed E-state index contributed by atoms with van der Waals surface area (Å²) in [5.74, 6) is 0.164. The molecule has 2 aromatic heterocycles. The maximum Gasteiger partial charge on any atom is 0.294 e. The predicted molar refractivity (Wildman–Crippen MR) is 117 cm³/mol. The maximum absolute atomic E-state index is 12.9. The molecule has 0 bridgehead atoms. The number of aromatic nitrogens is 5. The first kappa shape index (κ1) is 21.0. The van der Waals surface area contributed by atoms with E-state index >= 15 is 0 Å². The smallest absolute Gasteiger partial charge is 0.294 e. The average molecular weight is 453 g/mol. The van der Waals surface area contributed by atoms with Gasteiger partial charge in [-0.25, -0.2) is 10.1 Å². The van der Waals surface area contributed by atoms with Crippen molar-refractivity contribution in [2.24, 2.45) is 5.10 Å². The largest absolute Gasteiger partial charge is 0.494 e. The molecule has 2 aromatic carbocycles. The van der Waals surface area contributed by atoms with Gasteiger partial charge in [-0.05, 0) is 47.6 Å². The fourth-order valence-corrected chi connectivity index (χ4v) is 3.03. The molecule has 0 saturated heterocycles. The van der Waals surface area contributed by atoms with Gasteiger partial charge in [0, 0.05) is 16.1 Å². The zero-order valence-corrected chi connectivity index (χ0v) is 17.5. The molecule has 0 aliphatic rings. The molecule has 12 heteroatoms. The molecule has 0 spiro atoms. The van der Waals surface area contributed by atoms with Crippen molar-refractivity contribution in [1.82, 2.24) is 30.7 Å². The van der Waals surface area contributed by atoms with Crippen LogP contribution in [-0.4, -0.2) is 44.0 Å². The van der Waals surface area contributed by atoms with Crippen LogP contribution < -0.4 is 15.9 Å². The summed E-state index contributed by atoms with van der Waals surface area (Å²) < 4.78 is 11.4. The van der Waals surface area contributed by atoms with Crippen molar-refractivity contribution in [3.05, 3.63) is 64.8 Å². The Labute approximate surface area is 186 Å². The monoisotopic (exact) mass is 452 g/mol. The van der Waals surface area contributed by atoms with Gasteiger partial charge >= 0.3 is 0 Å². The molecule has 32 heavy (non-hydrogen) atoms. The number of hydrogen-bond acceptors (Lipinski definition) is 9. The second-order valence-corrected chi connectivity index (χ2v) is 6.76. The fourth-order valence-electron chi connectivity index (χ4n) is 2.85. The molecule has 0 aliphatic heterocycles. The zero-order chi connectivity index (χ0) is 22.5. The van der Waals surface area contributed by atoms with Crippen molar-refractivity contribution in [3.63, 3.8) is 0 Å². The number of hydrogen-bond donors (Lipinski definition) is 2. The second kappa shape index (κ2) is 9.27. The van der Waals surface area contributed by atoms with Gasteiger partial charge in [0.2, 0.25) is 11.6 Å². The number of carbonyl (C=O) groups excluding carboxylic acids is 1. The van der Waals surface area contributed by atoms with Crippen LogP contribution in [0, 0.1) is 0 Å². The minimum absolute atomic E-state index is 0.00660. The van der Waals surface area contributed by atoms with Gasteiger partial charge in [-0.3, -0.25) is 4.79 Å². The van der Waals surface area contributed by atoms with Crippen LogP contribution in [0.25, 0.3) is 17.1 Å². The summed E-state index contributed by atoms with van der Waals surface area (Å²) in [6, 6.07) is 14.1. The van der Waals surface area contributed by atoms with Crippen LogP contribution in [0.4, 0.5) is 5.82 Å². The van der Waals surface area contributed by atoms with Crippen molar-refractivity contribution in [3.8, 4) is 22.8 Å². The number of nitrogens with two attached hydrogens (primary N) is 1. The average Bonchev–Trinajstić information content (AvgIpc) is 3.42. The van der Waals surface area contributed by atoms with Crippen LogP contribution in [0.3, 0.4) is 0 Å². The minimum Gasteiger partial charge on any atom is -0.494 e. The van der Waals surface area contributed by atoms with Crippen molar-refractivity contribution in [2.75, 3.05) is 12.3 Å². The number of carbonyl (C=O) groups is 1. The third kappa shape index (κ3) is 4.27. The molecule has 0 radical (unpaired) electrons. The summed E-state index contributed by atoms with van der Waals surface area (Å²) in [4.78, 5) is 12.9. The number of rotatable bonds is 7. The lowest BCUT2D eigenvalue weighted by Gasteiger charge is -2.07. The molecule has 2 heterocycles. The number of halogens is 1. The number of nitrogen functional groups attached to an aromatic ring is 1. The first-order chi connectivity index (χ1) is 15.6. The molecule has 1 amide bonds. The highest BCUT2D eigenvalue weighted by Gasteiger charge is 2.25. The van der Waals surface area contributed by atoms with Crippen molar-refractivity contribution < 1.29 is 14.2 Å². The van der Waals surface area contributed by atoms with E-state index in [9.17, 15) is 4.79 Å².